The molecule has 2 fully saturated rings. The molecule has 3 heteroatoms. The highest BCUT2D eigenvalue weighted by Gasteiger charge is 2.19. The molecule has 2 rings (SSSR count). The van der Waals surface area contributed by atoms with Gasteiger partial charge in [0.25, 0.3) is 0 Å². The van der Waals surface area contributed by atoms with Gasteiger partial charge in [-0.2, -0.15) is 0 Å². The molecule has 0 aliphatic carbocycles. The van der Waals surface area contributed by atoms with Crippen LogP contribution in [0.25, 0.3) is 0 Å². The maximum atomic E-state index is 3.59. The van der Waals surface area contributed by atoms with Crippen molar-refractivity contribution in [3.8, 4) is 0 Å². The van der Waals surface area contributed by atoms with Crippen LogP contribution < -0.4 is 5.32 Å². The molecular formula is C13H27N3. The molecule has 0 radical (unpaired) electrons. The van der Waals surface area contributed by atoms with E-state index in [0.717, 1.165) is 12.6 Å². The fourth-order valence-corrected chi connectivity index (χ4v) is 3.00. The smallest absolute Gasteiger partial charge is 0.0195 e. The highest BCUT2D eigenvalue weighted by atomic mass is 15.2. The third kappa shape index (κ3) is 3.72. The summed E-state index contributed by atoms with van der Waals surface area (Å²) in [7, 11) is 0. The summed E-state index contributed by atoms with van der Waals surface area (Å²) in [5.41, 5.74) is 0. The first-order chi connectivity index (χ1) is 7.88. The zero-order valence-electron chi connectivity index (χ0n) is 10.7. The van der Waals surface area contributed by atoms with Crippen LogP contribution in [0.15, 0.2) is 0 Å². The van der Waals surface area contributed by atoms with Crippen molar-refractivity contribution in [2.75, 3.05) is 45.8 Å². The molecule has 0 amide bonds. The van der Waals surface area contributed by atoms with Crippen LogP contribution in [-0.2, 0) is 0 Å². The van der Waals surface area contributed by atoms with E-state index in [0.29, 0.717) is 0 Å². The van der Waals surface area contributed by atoms with E-state index < -0.39 is 0 Å². The molecule has 2 aliphatic rings. The molecule has 0 saturated carbocycles. The lowest BCUT2D eigenvalue weighted by molar-refractivity contribution is 0.170. The van der Waals surface area contributed by atoms with Gasteiger partial charge in [0.05, 0.1) is 0 Å². The van der Waals surface area contributed by atoms with Gasteiger partial charge in [-0.15, -0.1) is 0 Å². The lowest BCUT2D eigenvalue weighted by Crippen LogP contribution is -2.47. The summed E-state index contributed by atoms with van der Waals surface area (Å²) in [6.07, 6.45) is 5.58. The Morgan fingerprint density at radius 1 is 1.00 bits per heavy atom. The summed E-state index contributed by atoms with van der Waals surface area (Å²) < 4.78 is 0. The van der Waals surface area contributed by atoms with Crippen molar-refractivity contribution < 1.29 is 0 Å². The lowest BCUT2D eigenvalue weighted by Gasteiger charge is -2.34. The zero-order chi connectivity index (χ0) is 11.2. The fraction of sp³-hybridized carbons (Fsp3) is 1.00. The van der Waals surface area contributed by atoms with Gasteiger partial charge in [0.2, 0.25) is 0 Å². The van der Waals surface area contributed by atoms with Crippen LogP contribution in [-0.4, -0.2) is 61.7 Å². The monoisotopic (exact) mass is 225 g/mol. The van der Waals surface area contributed by atoms with E-state index in [2.05, 4.69) is 22.0 Å². The van der Waals surface area contributed by atoms with Crippen molar-refractivity contribution in [1.82, 2.24) is 15.1 Å². The summed E-state index contributed by atoms with van der Waals surface area (Å²) in [4.78, 5) is 5.27. The molecule has 1 unspecified atom stereocenters. The molecule has 1 atom stereocenters. The van der Waals surface area contributed by atoms with Crippen molar-refractivity contribution in [3.05, 3.63) is 0 Å². The average molecular weight is 225 g/mol. The first-order valence-electron chi connectivity index (χ1n) is 7.06. The van der Waals surface area contributed by atoms with Gasteiger partial charge < -0.3 is 15.1 Å². The molecule has 16 heavy (non-hydrogen) atoms. The third-order valence-electron chi connectivity index (χ3n) is 3.93. The van der Waals surface area contributed by atoms with Crippen molar-refractivity contribution in [1.29, 1.82) is 0 Å². The molecule has 3 nitrogen and oxygen atoms in total. The summed E-state index contributed by atoms with van der Waals surface area (Å²) in [6, 6.07) is 0.748. The number of rotatable bonds is 5. The Morgan fingerprint density at radius 2 is 1.69 bits per heavy atom. The molecule has 2 aliphatic heterocycles. The number of likely N-dealkylation sites (tertiary alicyclic amines) is 2. The van der Waals surface area contributed by atoms with Crippen LogP contribution in [0.4, 0.5) is 0 Å². The van der Waals surface area contributed by atoms with E-state index >= 15 is 0 Å². The molecule has 0 bridgehead atoms. The Balaban J connectivity index is 1.64. The second-order valence-electron chi connectivity index (χ2n) is 5.25. The van der Waals surface area contributed by atoms with Crippen molar-refractivity contribution in [3.63, 3.8) is 0 Å². The number of piperidine rings is 1. The minimum atomic E-state index is 0.748. The van der Waals surface area contributed by atoms with Crippen molar-refractivity contribution in [2.45, 2.75) is 38.6 Å². The predicted octanol–water partition coefficient (Wildman–Crippen LogP) is 1.16. The SMILES string of the molecule is CCNC1CCCN(CCN2CCCC2)C1. The Hall–Kier alpha value is -0.120. The van der Waals surface area contributed by atoms with E-state index in [1.54, 1.807) is 0 Å². The molecule has 1 N–H and O–H groups in total. The topological polar surface area (TPSA) is 18.5 Å². The van der Waals surface area contributed by atoms with E-state index in [9.17, 15) is 0 Å². The summed E-state index contributed by atoms with van der Waals surface area (Å²) in [6.45, 7) is 11.2. The zero-order valence-corrected chi connectivity index (χ0v) is 10.7. The highest BCUT2D eigenvalue weighted by Crippen LogP contribution is 2.11. The quantitative estimate of drug-likeness (QED) is 0.757. The highest BCUT2D eigenvalue weighted by molar-refractivity contribution is 4.78. The maximum Gasteiger partial charge on any atom is 0.0195 e. The predicted molar refractivity (Wildman–Crippen MR) is 68.8 cm³/mol. The number of hydrogen-bond donors (Lipinski definition) is 1. The van der Waals surface area contributed by atoms with E-state index in [1.807, 2.05) is 0 Å². The lowest BCUT2D eigenvalue weighted by atomic mass is 10.1. The molecular weight excluding hydrogens is 198 g/mol. The molecule has 0 spiro atoms. The summed E-state index contributed by atoms with van der Waals surface area (Å²) in [5, 5.41) is 3.59. The van der Waals surface area contributed by atoms with Gasteiger partial charge in [-0.25, -0.2) is 0 Å². The molecule has 0 aromatic heterocycles. The first-order valence-corrected chi connectivity index (χ1v) is 7.06. The van der Waals surface area contributed by atoms with Crippen LogP contribution in [0, 0.1) is 0 Å². The Morgan fingerprint density at radius 3 is 2.44 bits per heavy atom. The molecule has 2 heterocycles. The third-order valence-corrected chi connectivity index (χ3v) is 3.93. The molecule has 94 valence electrons. The molecule has 0 aromatic carbocycles. The van der Waals surface area contributed by atoms with Gasteiger partial charge in [-0.3, -0.25) is 0 Å². The van der Waals surface area contributed by atoms with Crippen LogP contribution >= 0.6 is 0 Å². The number of likely N-dealkylation sites (N-methyl/N-ethyl adjacent to an activating group) is 1. The fourth-order valence-electron chi connectivity index (χ4n) is 3.00. The second-order valence-corrected chi connectivity index (χ2v) is 5.25. The summed E-state index contributed by atoms with van der Waals surface area (Å²) in [5.74, 6) is 0. The number of nitrogens with one attached hydrogen (secondary N) is 1. The minimum absolute atomic E-state index is 0.748. The van der Waals surface area contributed by atoms with Gasteiger partial charge in [0.1, 0.15) is 0 Å². The normalized spacial score (nSPS) is 28.7. The molecule has 2 saturated heterocycles. The van der Waals surface area contributed by atoms with E-state index in [4.69, 9.17) is 0 Å². The first kappa shape index (κ1) is 12.3. The average Bonchev–Trinajstić information content (AvgIpc) is 2.80. The molecule has 0 aromatic rings. The van der Waals surface area contributed by atoms with Crippen LogP contribution in [0.2, 0.25) is 0 Å². The second kappa shape index (κ2) is 6.58. The van der Waals surface area contributed by atoms with E-state index in [-0.39, 0.29) is 0 Å². The Kier molecular flexibility index (Phi) is 5.07. The van der Waals surface area contributed by atoms with Crippen LogP contribution in [0.1, 0.15) is 32.6 Å². The van der Waals surface area contributed by atoms with Crippen molar-refractivity contribution in [2.24, 2.45) is 0 Å². The van der Waals surface area contributed by atoms with Gasteiger partial charge in [-0.1, -0.05) is 6.92 Å². The van der Waals surface area contributed by atoms with E-state index in [1.165, 1.54) is 65.0 Å². The van der Waals surface area contributed by atoms with Gasteiger partial charge >= 0.3 is 0 Å². The van der Waals surface area contributed by atoms with Crippen LogP contribution in [0.3, 0.4) is 0 Å². The van der Waals surface area contributed by atoms with Crippen molar-refractivity contribution >= 4 is 0 Å². The summed E-state index contributed by atoms with van der Waals surface area (Å²) >= 11 is 0. The number of hydrogen-bond acceptors (Lipinski definition) is 3. The maximum absolute atomic E-state index is 3.59. The van der Waals surface area contributed by atoms with Gasteiger partial charge in [-0.05, 0) is 51.9 Å². The standard InChI is InChI=1S/C13H27N3/c1-2-14-13-6-5-9-16(12-13)11-10-15-7-3-4-8-15/h13-14H,2-12H2,1H3. The Labute approximate surface area is 100 Å². The largest absolute Gasteiger partial charge is 0.313 e. The van der Waals surface area contributed by atoms with Gasteiger partial charge in [0.15, 0.2) is 0 Å². The Bertz CT molecular complexity index is 188. The van der Waals surface area contributed by atoms with Crippen LogP contribution in [0.5, 0.6) is 0 Å². The van der Waals surface area contributed by atoms with Gasteiger partial charge in [0, 0.05) is 25.7 Å². The number of nitrogens with zero attached hydrogens (tertiary/aromatic N) is 2. The minimum Gasteiger partial charge on any atom is -0.313 e.